The molecule has 1 aliphatic heterocycles. The second-order valence-corrected chi connectivity index (χ2v) is 4.90. The topological polar surface area (TPSA) is 63.6 Å². The third-order valence-corrected chi connectivity index (χ3v) is 3.34. The largest absolute Gasteiger partial charge is 0.382 e. The second kappa shape index (κ2) is 6.34. The lowest BCUT2D eigenvalue weighted by molar-refractivity contribution is -0.131. The van der Waals surface area contributed by atoms with Gasteiger partial charge in [-0.05, 0) is 17.7 Å². The zero-order valence-electron chi connectivity index (χ0n) is 11.7. The van der Waals surface area contributed by atoms with Crippen LogP contribution >= 0.6 is 0 Å². The van der Waals surface area contributed by atoms with Crippen molar-refractivity contribution < 1.29 is 14.0 Å². The van der Waals surface area contributed by atoms with Crippen LogP contribution in [-0.2, 0) is 16.2 Å². The second-order valence-electron chi connectivity index (χ2n) is 4.90. The minimum absolute atomic E-state index is 0.250. The van der Waals surface area contributed by atoms with Crippen LogP contribution in [0.4, 0.5) is 4.39 Å². The first-order valence-electron chi connectivity index (χ1n) is 6.88. The summed E-state index contributed by atoms with van der Waals surface area (Å²) in [6.45, 7) is 0.363. The molecule has 0 spiro atoms. The number of aromatic nitrogens is 1. The van der Waals surface area contributed by atoms with E-state index in [-0.39, 0.29) is 18.1 Å². The number of pyridine rings is 1. The fourth-order valence-corrected chi connectivity index (χ4v) is 2.18. The number of nitrogens with zero attached hydrogens (tertiary/aromatic N) is 2. The number of oxime groups is 1. The minimum Gasteiger partial charge on any atom is -0.382 e. The Hall–Kier alpha value is -2.76. The summed E-state index contributed by atoms with van der Waals surface area (Å²) in [5, 5.41) is 6.58. The number of halogens is 1. The molecule has 0 radical (unpaired) electrons. The summed E-state index contributed by atoms with van der Waals surface area (Å²) in [4.78, 5) is 21.2. The van der Waals surface area contributed by atoms with Crippen LogP contribution in [0.15, 0.2) is 53.9 Å². The van der Waals surface area contributed by atoms with Crippen LogP contribution in [0.5, 0.6) is 0 Å². The number of hydrogen-bond donors (Lipinski definition) is 1. The van der Waals surface area contributed by atoms with E-state index in [1.807, 2.05) is 6.07 Å². The van der Waals surface area contributed by atoms with Crippen molar-refractivity contribution >= 4 is 11.6 Å². The van der Waals surface area contributed by atoms with E-state index in [0.717, 1.165) is 5.56 Å². The van der Waals surface area contributed by atoms with Gasteiger partial charge in [0, 0.05) is 30.9 Å². The molecular weight excluding hydrogens is 285 g/mol. The van der Waals surface area contributed by atoms with Gasteiger partial charge < -0.3 is 10.2 Å². The molecule has 3 rings (SSSR count). The maximum atomic E-state index is 13.7. The summed E-state index contributed by atoms with van der Waals surface area (Å²) in [6, 6.07) is 9.96. The van der Waals surface area contributed by atoms with Crippen LogP contribution in [0, 0.1) is 5.82 Å². The van der Waals surface area contributed by atoms with Crippen LogP contribution in [-0.4, -0.2) is 22.7 Å². The molecule has 22 heavy (non-hydrogen) atoms. The quantitative estimate of drug-likeness (QED) is 0.939. The number of carbonyl (C=O) groups is 1. The standard InChI is InChI=1S/C16H14FN3O2/c17-13-6-2-1-5-12(13)14-8-15(22-20-14)16(21)19-10-11-4-3-7-18-9-11/h1-7,9,15H,8,10H2,(H,19,21). The van der Waals surface area contributed by atoms with Gasteiger partial charge in [-0.25, -0.2) is 4.39 Å². The summed E-state index contributed by atoms with van der Waals surface area (Å²) in [5.41, 5.74) is 1.70. The Morgan fingerprint density at radius 3 is 2.95 bits per heavy atom. The molecule has 0 saturated carbocycles. The van der Waals surface area contributed by atoms with E-state index in [4.69, 9.17) is 4.84 Å². The molecule has 0 aliphatic carbocycles. The van der Waals surface area contributed by atoms with Crippen LogP contribution in [0.1, 0.15) is 17.5 Å². The van der Waals surface area contributed by atoms with Crippen molar-refractivity contribution in [3.63, 3.8) is 0 Å². The highest BCUT2D eigenvalue weighted by Crippen LogP contribution is 2.19. The lowest BCUT2D eigenvalue weighted by Gasteiger charge is -2.09. The average molecular weight is 299 g/mol. The Morgan fingerprint density at radius 2 is 2.18 bits per heavy atom. The maximum absolute atomic E-state index is 13.7. The van der Waals surface area contributed by atoms with Crippen LogP contribution in [0.3, 0.4) is 0 Å². The zero-order valence-corrected chi connectivity index (χ0v) is 11.7. The monoisotopic (exact) mass is 299 g/mol. The van der Waals surface area contributed by atoms with Gasteiger partial charge in [-0.15, -0.1) is 0 Å². The minimum atomic E-state index is -0.730. The van der Waals surface area contributed by atoms with E-state index in [2.05, 4.69) is 15.5 Å². The fraction of sp³-hybridized carbons (Fsp3) is 0.188. The first-order valence-corrected chi connectivity index (χ1v) is 6.88. The number of rotatable bonds is 4. The first-order chi connectivity index (χ1) is 10.7. The molecule has 1 atom stereocenters. The number of benzene rings is 1. The van der Waals surface area contributed by atoms with Crippen LogP contribution < -0.4 is 5.32 Å². The van der Waals surface area contributed by atoms with Crippen LogP contribution in [0.2, 0.25) is 0 Å². The van der Waals surface area contributed by atoms with E-state index in [9.17, 15) is 9.18 Å². The fourth-order valence-electron chi connectivity index (χ4n) is 2.18. The molecule has 2 heterocycles. The summed E-state index contributed by atoms with van der Waals surface area (Å²) in [5.74, 6) is -0.653. The van der Waals surface area contributed by atoms with Crippen molar-refractivity contribution in [2.24, 2.45) is 5.16 Å². The van der Waals surface area contributed by atoms with Gasteiger partial charge in [0.15, 0.2) is 0 Å². The van der Waals surface area contributed by atoms with Crippen molar-refractivity contribution in [3.8, 4) is 0 Å². The van der Waals surface area contributed by atoms with Crippen molar-refractivity contribution in [3.05, 3.63) is 65.7 Å². The lowest BCUT2D eigenvalue weighted by Crippen LogP contribution is -2.34. The molecule has 5 nitrogen and oxygen atoms in total. The molecule has 1 aromatic carbocycles. The highest BCUT2D eigenvalue weighted by Gasteiger charge is 2.29. The lowest BCUT2D eigenvalue weighted by atomic mass is 10.0. The van der Waals surface area contributed by atoms with Crippen molar-refractivity contribution in [2.45, 2.75) is 19.1 Å². The first kappa shape index (κ1) is 14.2. The Bertz CT molecular complexity index is 704. The molecule has 6 heteroatoms. The van der Waals surface area contributed by atoms with E-state index in [1.54, 1.807) is 36.7 Å². The zero-order chi connectivity index (χ0) is 15.4. The van der Waals surface area contributed by atoms with E-state index >= 15 is 0 Å². The van der Waals surface area contributed by atoms with E-state index in [0.29, 0.717) is 17.8 Å². The highest BCUT2D eigenvalue weighted by atomic mass is 19.1. The number of hydrogen-bond acceptors (Lipinski definition) is 4. The van der Waals surface area contributed by atoms with Gasteiger partial charge in [-0.1, -0.05) is 29.4 Å². The molecule has 1 aromatic heterocycles. The third kappa shape index (κ3) is 3.11. The van der Waals surface area contributed by atoms with Crippen LogP contribution in [0.25, 0.3) is 0 Å². The Balaban J connectivity index is 1.57. The SMILES string of the molecule is O=C(NCc1cccnc1)C1CC(c2ccccc2F)=NO1. The maximum Gasteiger partial charge on any atom is 0.264 e. The molecule has 1 unspecified atom stereocenters. The molecule has 1 amide bonds. The van der Waals surface area contributed by atoms with Gasteiger partial charge in [-0.3, -0.25) is 9.78 Å². The smallest absolute Gasteiger partial charge is 0.264 e. The Labute approximate surface area is 126 Å². The van der Waals surface area contributed by atoms with Gasteiger partial charge in [0.2, 0.25) is 6.10 Å². The molecule has 112 valence electrons. The predicted octanol–water partition coefficient (Wildman–Crippen LogP) is 2.03. The molecule has 0 bridgehead atoms. The van der Waals surface area contributed by atoms with Crippen molar-refractivity contribution in [1.82, 2.24) is 10.3 Å². The summed E-state index contributed by atoms with van der Waals surface area (Å²) >= 11 is 0. The normalized spacial score (nSPS) is 16.8. The molecule has 1 N–H and O–H groups in total. The third-order valence-electron chi connectivity index (χ3n) is 3.34. The number of amides is 1. The van der Waals surface area contributed by atoms with Gasteiger partial charge >= 0.3 is 0 Å². The Kier molecular flexibility index (Phi) is 4.09. The molecule has 2 aromatic rings. The highest BCUT2D eigenvalue weighted by molar-refractivity contribution is 6.04. The van der Waals surface area contributed by atoms with Gasteiger partial charge in [0.05, 0.1) is 5.71 Å². The molecular formula is C16H14FN3O2. The predicted molar refractivity (Wildman–Crippen MR) is 78.5 cm³/mol. The van der Waals surface area contributed by atoms with Gasteiger partial charge in [0.25, 0.3) is 5.91 Å². The van der Waals surface area contributed by atoms with E-state index < -0.39 is 6.10 Å². The number of nitrogens with one attached hydrogen (secondary N) is 1. The van der Waals surface area contributed by atoms with Gasteiger partial charge in [0.1, 0.15) is 5.82 Å². The summed E-state index contributed by atoms with van der Waals surface area (Å²) in [7, 11) is 0. The molecule has 0 fully saturated rings. The van der Waals surface area contributed by atoms with Gasteiger partial charge in [-0.2, -0.15) is 0 Å². The summed E-state index contributed by atoms with van der Waals surface area (Å²) < 4.78 is 13.7. The number of carbonyl (C=O) groups excluding carboxylic acids is 1. The van der Waals surface area contributed by atoms with Crippen molar-refractivity contribution in [2.75, 3.05) is 0 Å². The molecule has 0 saturated heterocycles. The summed E-state index contributed by atoms with van der Waals surface area (Å²) in [6.07, 6.45) is 2.86. The average Bonchev–Trinajstić information content (AvgIpc) is 3.04. The van der Waals surface area contributed by atoms with Crippen molar-refractivity contribution in [1.29, 1.82) is 0 Å². The van der Waals surface area contributed by atoms with E-state index in [1.165, 1.54) is 6.07 Å². The molecule has 1 aliphatic rings. The Morgan fingerprint density at radius 1 is 1.32 bits per heavy atom.